The molecule has 1 aromatic rings. The Balaban J connectivity index is 0. The Bertz CT molecular complexity index is 245. The molecule has 0 fully saturated rings. The third kappa shape index (κ3) is 5.02. The van der Waals surface area contributed by atoms with E-state index in [0.29, 0.717) is 6.54 Å². The molecular weight excluding hydrogens is 322 g/mol. The minimum Gasteiger partial charge on any atom is -0.329 e. The Morgan fingerprint density at radius 1 is 1.31 bits per heavy atom. The first kappa shape index (κ1) is 15.9. The molecule has 4 N–H and O–H groups in total. The van der Waals surface area contributed by atoms with Gasteiger partial charge in [0.15, 0.2) is 0 Å². The zero-order chi connectivity index (χ0) is 8.27. The van der Waals surface area contributed by atoms with Crippen LogP contribution in [-0.2, 0) is 0 Å². The maximum absolute atomic E-state index is 5.73. The first-order valence-electron chi connectivity index (χ1n) is 3.45. The summed E-state index contributed by atoms with van der Waals surface area (Å²) >= 11 is 2.26. The largest absolute Gasteiger partial charge is 0.329 e. The van der Waals surface area contributed by atoms with Gasteiger partial charge in [0.1, 0.15) is 0 Å². The smallest absolute Gasteiger partial charge is 0.0419 e. The van der Waals surface area contributed by atoms with Crippen molar-refractivity contribution in [1.82, 2.24) is 0 Å². The normalized spacial score (nSPS) is 11.0. The minimum absolute atomic E-state index is 0. The van der Waals surface area contributed by atoms with Crippen LogP contribution in [0, 0.1) is 3.57 Å². The van der Waals surface area contributed by atoms with Gasteiger partial charge in [-0.15, -0.1) is 24.8 Å². The van der Waals surface area contributed by atoms with Crippen molar-refractivity contribution in [2.24, 2.45) is 11.5 Å². The summed E-state index contributed by atoms with van der Waals surface area (Å²) in [6.45, 7) is 0.500. The molecular formula is C8H13Cl2IN2. The van der Waals surface area contributed by atoms with Crippen molar-refractivity contribution < 1.29 is 0 Å². The standard InChI is InChI=1S/C8H11IN2.2ClH/c9-7-3-1-2-6(4-7)8(11)5-10;;/h1-4,8H,5,10-11H2;2*1H. The Labute approximate surface area is 104 Å². The number of hydrogen-bond donors (Lipinski definition) is 2. The maximum atomic E-state index is 5.73. The molecule has 0 saturated carbocycles. The van der Waals surface area contributed by atoms with E-state index in [1.54, 1.807) is 0 Å². The van der Waals surface area contributed by atoms with Gasteiger partial charge >= 0.3 is 0 Å². The van der Waals surface area contributed by atoms with Crippen molar-refractivity contribution in [2.45, 2.75) is 6.04 Å². The fourth-order valence-corrected chi connectivity index (χ4v) is 1.44. The van der Waals surface area contributed by atoms with E-state index in [0.717, 1.165) is 5.56 Å². The zero-order valence-electron chi connectivity index (χ0n) is 6.94. The summed E-state index contributed by atoms with van der Waals surface area (Å²) in [6, 6.07) is 8.06. The van der Waals surface area contributed by atoms with Crippen LogP contribution in [0.25, 0.3) is 0 Å². The van der Waals surface area contributed by atoms with Crippen LogP contribution in [0.3, 0.4) is 0 Å². The molecule has 0 aromatic heterocycles. The van der Waals surface area contributed by atoms with Gasteiger partial charge in [-0.2, -0.15) is 0 Å². The van der Waals surface area contributed by atoms with Gasteiger partial charge < -0.3 is 11.5 Å². The Morgan fingerprint density at radius 2 is 1.92 bits per heavy atom. The first-order chi connectivity index (χ1) is 5.24. The lowest BCUT2D eigenvalue weighted by molar-refractivity contribution is 0.736. The van der Waals surface area contributed by atoms with Crippen LogP contribution in [0.15, 0.2) is 24.3 Å². The van der Waals surface area contributed by atoms with E-state index < -0.39 is 0 Å². The van der Waals surface area contributed by atoms with Crippen LogP contribution in [0.5, 0.6) is 0 Å². The molecule has 13 heavy (non-hydrogen) atoms. The molecule has 0 radical (unpaired) electrons. The highest BCUT2D eigenvalue weighted by Crippen LogP contribution is 2.12. The molecule has 0 spiro atoms. The summed E-state index contributed by atoms with van der Waals surface area (Å²) in [7, 11) is 0. The fourth-order valence-electron chi connectivity index (χ4n) is 0.873. The number of nitrogens with two attached hydrogens (primary N) is 2. The highest BCUT2D eigenvalue weighted by molar-refractivity contribution is 14.1. The lowest BCUT2D eigenvalue weighted by Gasteiger charge is -2.08. The lowest BCUT2D eigenvalue weighted by atomic mass is 10.1. The molecule has 1 aromatic carbocycles. The van der Waals surface area contributed by atoms with Crippen LogP contribution >= 0.6 is 47.4 Å². The maximum Gasteiger partial charge on any atom is 0.0419 e. The summed E-state index contributed by atoms with van der Waals surface area (Å²) in [6.07, 6.45) is 0. The van der Waals surface area contributed by atoms with Crippen LogP contribution < -0.4 is 11.5 Å². The molecule has 1 rings (SSSR count). The highest BCUT2D eigenvalue weighted by Gasteiger charge is 2.01. The third-order valence-corrected chi connectivity index (χ3v) is 2.20. The average Bonchev–Trinajstić information content (AvgIpc) is 2.03. The third-order valence-electron chi connectivity index (χ3n) is 1.53. The second kappa shape index (κ2) is 7.82. The summed E-state index contributed by atoms with van der Waals surface area (Å²) in [5, 5.41) is 0. The van der Waals surface area contributed by atoms with E-state index in [4.69, 9.17) is 11.5 Å². The number of hydrogen-bond acceptors (Lipinski definition) is 2. The fraction of sp³-hybridized carbons (Fsp3) is 0.250. The molecule has 2 nitrogen and oxygen atoms in total. The molecule has 0 aliphatic rings. The van der Waals surface area contributed by atoms with E-state index in [1.807, 2.05) is 18.2 Å². The van der Waals surface area contributed by atoms with Crippen LogP contribution in [0.1, 0.15) is 11.6 Å². The zero-order valence-corrected chi connectivity index (χ0v) is 10.7. The molecule has 1 unspecified atom stereocenters. The van der Waals surface area contributed by atoms with Crippen molar-refractivity contribution >= 4 is 47.4 Å². The van der Waals surface area contributed by atoms with Gasteiger partial charge in [-0.3, -0.25) is 0 Å². The summed E-state index contributed by atoms with van der Waals surface area (Å²) in [5.41, 5.74) is 12.3. The van der Waals surface area contributed by atoms with Gasteiger partial charge in [-0.1, -0.05) is 12.1 Å². The van der Waals surface area contributed by atoms with Gasteiger partial charge in [-0.05, 0) is 40.3 Å². The molecule has 0 saturated heterocycles. The molecule has 0 heterocycles. The quantitative estimate of drug-likeness (QED) is 0.814. The highest BCUT2D eigenvalue weighted by atomic mass is 127. The number of benzene rings is 1. The van der Waals surface area contributed by atoms with Crippen LogP contribution in [0.2, 0.25) is 0 Å². The predicted molar refractivity (Wildman–Crippen MR) is 69.6 cm³/mol. The number of halogens is 3. The van der Waals surface area contributed by atoms with Crippen molar-refractivity contribution in [3.8, 4) is 0 Å². The van der Waals surface area contributed by atoms with E-state index in [9.17, 15) is 0 Å². The van der Waals surface area contributed by atoms with Gasteiger partial charge in [0.05, 0.1) is 0 Å². The molecule has 0 aliphatic carbocycles. The van der Waals surface area contributed by atoms with Gasteiger partial charge in [-0.25, -0.2) is 0 Å². The van der Waals surface area contributed by atoms with Crippen molar-refractivity contribution in [3.63, 3.8) is 0 Å². The molecule has 0 bridgehead atoms. The minimum atomic E-state index is -0.0234. The topological polar surface area (TPSA) is 52.0 Å². The predicted octanol–water partition coefficient (Wildman–Crippen LogP) is 2.09. The Morgan fingerprint density at radius 3 is 2.38 bits per heavy atom. The van der Waals surface area contributed by atoms with Crippen molar-refractivity contribution in [3.05, 3.63) is 33.4 Å². The van der Waals surface area contributed by atoms with E-state index in [-0.39, 0.29) is 30.9 Å². The van der Waals surface area contributed by atoms with E-state index >= 15 is 0 Å². The molecule has 0 amide bonds. The molecule has 1 atom stereocenters. The summed E-state index contributed by atoms with van der Waals surface area (Å²) < 4.78 is 1.20. The Kier molecular flexibility index (Phi) is 9.56. The second-order valence-corrected chi connectivity index (χ2v) is 3.64. The van der Waals surface area contributed by atoms with Crippen molar-refractivity contribution in [2.75, 3.05) is 6.54 Å². The number of rotatable bonds is 2. The molecule has 5 heteroatoms. The van der Waals surface area contributed by atoms with E-state index in [2.05, 4.69) is 28.7 Å². The van der Waals surface area contributed by atoms with Crippen LogP contribution in [-0.4, -0.2) is 6.54 Å². The monoisotopic (exact) mass is 334 g/mol. The Hall–Kier alpha value is 0.450. The average molecular weight is 335 g/mol. The lowest BCUT2D eigenvalue weighted by Crippen LogP contribution is -2.20. The van der Waals surface area contributed by atoms with E-state index in [1.165, 1.54) is 3.57 Å². The van der Waals surface area contributed by atoms with Gasteiger partial charge in [0.2, 0.25) is 0 Å². The van der Waals surface area contributed by atoms with Gasteiger partial charge in [0, 0.05) is 16.2 Å². The first-order valence-corrected chi connectivity index (χ1v) is 4.53. The summed E-state index contributed by atoms with van der Waals surface area (Å²) in [4.78, 5) is 0. The van der Waals surface area contributed by atoms with Gasteiger partial charge in [0.25, 0.3) is 0 Å². The molecule has 76 valence electrons. The van der Waals surface area contributed by atoms with Crippen molar-refractivity contribution in [1.29, 1.82) is 0 Å². The SMILES string of the molecule is Cl.Cl.NCC(N)c1cccc(I)c1. The van der Waals surface area contributed by atoms with Crippen LogP contribution in [0.4, 0.5) is 0 Å². The summed E-state index contributed by atoms with van der Waals surface area (Å²) in [5.74, 6) is 0. The molecule has 0 aliphatic heterocycles. The second-order valence-electron chi connectivity index (χ2n) is 2.40.